The fourth-order valence-electron chi connectivity index (χ4n) is 2.54. The number of phenolic OH excluding ortho intramolecular Hbond substituents is 1. The first-order chi connectivity index (χ1) is 10.1. The first-order valence-electron chi connectivity index (χ1n) is 7.13. The molecule has 2 rings (SSSR count). The number of nitrogens with one attached hydrogen (secondary N) is 2. The molecular weight excluding hydrogens is 272 g/mol. The zero-order valence-corrected chi connectivity index (χ0v) is 11.8. The van der Waals surface area contributed by atoms with Gasteiger partial charge in [0.15, 0.2) is 0 Å². The van der Waals surface area contributed by atoms with Crippen LogP contribution in [0.15, 0.2) is 18.2 Å². The van der Waals surface area contributed by atoms with Crippen LogP contribution in [0, 0.1) is 5.92 Å². The van der Waals surface area contributed by atoms with Crippen molar-refractivity contribution in [3.8, 4) is 5.75 Å². The first-order valence-corrected chi connectivity index (χ1v) is 7.13. The molecule has 1 fully saturated rings. The highest BCUT2D eigenvalue weighted by atomic mass is 16.4. The van der Waals surface area contributed by atoms with Gasteiger partial charge in [0.25, 0.3) is 0 Å². The summed E-state index contributed by atoms with van der Waals surface area (Å²) in [6, 6.07) is 3.89. The minimum absolute atomic E-state index is 0.106. The van der Waals surface area contributed by atoms with Crippen LogP contribution in [0.4, 0.5) is 5.69 Å². The van der Waals surface area contributed by atoms with Crippen molar-refractivity contribution in [2.45, 2.75) is 25.7 Å². The maximum absolute atomic E-state index is 11.9. The molecule has 0 aromatic heterocycles. The highest BCUT2D eigenvalue weighted by Crippen LogP contribution is 2.22. The molecule has 1 amide bonds. The zero-order valence-electron chi connectivity index (χ0n) is 11.8. The molecule has 6 heteroatoms. The Morgan fingerprint density at radius 2 is 2.00 bits per heavy atom. The number of carbonyl (C=O) groups excluding carboxylic acids is 1. The van der Waals surface area contributed by atoms with Crippen LogP contribution in [0.25, 0.3) is 0 Å². The molecule has 4 N–H and O–H groups in total. The molecule has 1 aromatic rings. The van der Waals surface area contributed by atoms with Gasteiger partial charge < -0.3 is 20.8 Å². The maximum atomic E-state index is 11.9. The Labute approximate surface area is 123 Å². The lowest BCUT2D eigenvalue weighted by atomic mass is 9.93. The van der Waals surface area contributed by atoms with Crippen molar-refractivity contribution in [3.05, 3.63) is 23.8 Å². The minimum atomic E-state index is -1.18. The number of aromatic carboxylic acids is 1. The summed E-state index contributed by atoms with van der Waals surface area (Å²) in [6.07, 6.45) is 3.35. The van der Waals surface area contributed by atoms with Crippen molar-refractivity contribution in [1.29, 1.82) is 0 Å². The number of aromatic hydroxyl groups is 1. The smallest absolute Gasteiger partial charge is 0.337 e. The van der Waals surface area contributed by atoms with Crippen molar-refractivity contribution in [2.75, 3.05) is 18.4 Å². The summed E-state index contributed by atoms with van der Waals surface area (Å²) >= 11 is 0. The second-order valence-electron chi connectivity index (χ2n) is 5.32. The van der Waals surface area contributed by atoms with E-state index in [1.165, 1.54) is 12.1 Å². The number of hydrogen-bond acceptors (Lipinski definition) is 4. The second kappa shape index (κ2) is 7.08. The summed E-state index contributed by atoms with van der Waals surface area (Å²) in [5, 5.41) is 24.3. The molecule has 0 unspecified atom stereocenters. The number of carbonyl (C=O) groups is 2. The summed E-state index contributed by atoms with van der Waals surface area (Å²) < 4.78 is 0. The molecule has 0 spiro atoms. The standard InChI is InChI=1S/C15H20N2O4/c18-11-2-3-13(12(9-11)15(20)21)17-14(19)4-1-10-5-7-16-8-6-10/h2-3,9-10,16,18H,1,4-8H2,(H,17,19)(H,20,21). The number of carboxylic acids is 1. The van der Waals surface area contributed by atoms with E-state index in [1.807, 2.05) is 0 Å². The average molecular weight is 292 g/mol. The third-order valence-corrected chi connectivity index (χ3v) is 3.75. The molecule has 1 saturated heterocycles. The van der Waals surface area contributed by atoms with E-state index in [9.17, 15) is 14.7 Å². The molecule has 0 saturated carbocycles. The van der Waals surface area contributed by atoms with Crippen LogP contribution in [-0.4, -0.2) is 35.2 Å². The number of rotatable bonds is 5. The highest BCUT2D eigenvalue weighted by Gasteiger charge is 2.16. The molecule has 0 bridgehead atoms. The third kappa shape index (κ3) is 4.46. The topological polar surface area (TPSA) is 98.7 Å². The van der Waals surface area contributed by atoms with E-state index in [0.29, 0.717) is 12.3 Å². The monoisotopic (exact) mass is 292 g/mol. The molecule has 1 aromatic carbocycles. The van der Waals surface area contributed by atoms with Gasteiger partial charge in [-0.25, -0.2) is 4.79 Å². The summed E-state index contributed by atoms with van der Waals surface area (Å²) in [6.45, 7) is 1.99. The molecule has 0 aliphatic carbocycles. The Morgan fingerprint density at radius 1 is 1.29 bits per heavy atom. The van der Waals surface area contributed by atoms with Gasteiger partial charge in [-0.1, -0.05) is 0 Å². The number of hydrogen-bond donors (Lipinski definition) is 4. The lowest BCUT2D eigenvalue weighted by Crippen LogP contribution is -2.28. The van der Waals surface area contributed by atoms with Crippen LogP contribution in [0.2, 0.25) is 0 Å². The predicted octanol–water partition coefficient (Wildman–Crippen LogP) is 1.81. The van der Waals surface area contributed by atoms with Crippen molar-refractivity contribution in [3.63, 3.8) is 0 Å². The quantitative estimate of drug-likeness (QED) is 0.620. The van der Waals surface area contributed by atoms with Crippen LogP contribution in [0.3, 0.4) is 0 Å². The Hall–Kier alpha value is -2.08. The zero-order chi connectivity index (χ0) is 15.2. The molecule has 0 radical (unpaired) electrons. The molecule has 114 valence electrons. The van der Waals surface area contributed by atoms with Gasteiger partial charge in [0.2, 0.25) is 5.91 Å². The van der Waals surface area contributed by atoms with Gasteiger partial charge in [0.05, 0.1) is 11.3 Å². The fourth-order valence-corrected chi connectivity index (χ4v) is 2.54. The Morgan fingerprint density at radius 3 is 2.67 bits per heavy atom. The van der Waals surface area contributed by atoms with Gasteiger partial charge in [-0.3, -0.25) is 4.79 Å². The van der Waals surface area contributed by atoms with E-state index in [1.54, 1.807) is 0 Å². The Bertz CT molecular complexity index is 524. The maximum Gasteiger partial charge on any atom is 0.337 e. The van der Waals surface area contributed by atoms with E-state index in [0.717, 1.165) is 38.4 Å². The fraction of sp³-hybridized carbons (Fsp3) is 0.467. The minimum Gasteiger partial charge on any atom is -0.508 e. The summed E-state index contributed by atoms with van der Waals surface area (Å²) in [7, 11) is 0. The number of piperidine rings is 1. The normalized spacial score (nSPS) is 15.6. The van der Waals surface area contributed by atoms with E-state index in [4.69, 9.17) is 5.11 Å². The first kappa shape index (κ1) is 15.3. The molecule has 0 atom stereocenters. The van der Waals surface area contributed by atoms with Crippen molar-refractivity contribution in [1.82, 2.24) is 5.32 Å². The number of anilines is 1. The van der Waals surface area contributed by atoms with Crippen molar-refractivity contribution in [2.24, 2.45) is 5.92 Å². The van der Waals surface area contributed by atoms with Crippen molar-refractivity contribution >= 4 is 17.6 Å². The van der Waals surface area contributed by atoms with Crippen molar-refractivity contribution < 1.29 is 19.8 Å². The predicted molar refractivity (Wildman–Crippen MR) is 78.5 cm³/mol. The molecule has 6 nitrogen and oxygen atoms in total. The van der Waals surface area contributed by atoms with Crippen LogP contribution >= 0.6 is 0 Å². The molecule has 21 heavy (non-hydrogen) atoms. The van der Waals surface area contributed by atoms with Gasteiger partial charge in [0.1, 0.15) is 5.75 Å². The largest absolute Gasteiger partial charge is 0.508 e. The number of carboxylic acid groups (broad SMARTS) is 1. The molecule has 1 aliphatic heterocycles. The van der Waals surface area contributed by atoms with Crippen LogP contribution in [0.5, 0.6) is 5.75 Å². The van der Waals surface area contributed by atoms with Gasteiger partial charge in [0, 0.05) is 6.42 Å². The number of phenols is 1. The van der Waals surface area contributed by atoms with Crippen LogP contribution < -0.4 is 10.6 Å². The van der Waals surface area contributed by atoms with Gasteiger partial charge in [-0.15, -0.1) is 0 Å². The lowest BCUT2D eigenvalue weighted by molar-refractivity contribution is -0.116. The van der Waals surface area contributed by atoms with Gasteiger partial charge >= 0.3 is 5.97 Å². The Kier molecular flexibility index (Phi) is 5.16. The average Bonchev–Trinajstić information content (AvgIpc) is 2.48. The highest BCUT2D eigenvalue weighted by molar-refractivity contribution is 6.00. The summed E-state index contributed by atoms with van der Waals surface area (Å²) in [5.74, 6) is -0.961. The van der Waals surface area contributed by atoms with Gasteiger partial charge in [-0.05, 0) is 56.5 Å². The Balaban J connectivity index is 1.91. The second-order valence-corrected chi connectivity index (χ2v) is 5.32. The van der Waals surface area contributed by atoms with E-state index in [-0.39, 0.29) is 22.9 Å². The number of amides is 1. The van der Waals surface area contributed by atoms with Crippen LogP contribution in [0.1, 0.15) is 36.0 Å². The van der Waals surface area contributed by atoms with Gasteiger partial charge in [-0.2, -0.15) is 0 Å². The third-order valence-electron chi connectivity index (χ3n) is 3.75. The SMILES string of the molecule is O=C(CCC1CCNCC1)Nc1ccc(O)cc1C(=O)O. The van der Waals surface area contributed by atoms with Crippen LogP contribution in [-0.2, 0) is 4.79 Å². The van der Waals surface area contributed by atoms with E-state index >= 15 is 0 Å². The molecule has 1 aliphatic rings. The molecule has 1 heterocycles. The lowest BCUT2D eigenvalue weighted by Gasteiger charge is -2.22. The number of benzene rings is 1. The van der Waals surface area contributed by atoms with E-state index in [2.05, 4.69) is 10.6 Å². The molecular formula is C15H20N2O4. The van der Waals surface area contributed by atoms with E-state index < -0.39 is 5.97 Å². The summed E-state index contributed by atoms with van der Waals surface area (Å²) in [4.78, 5) is 23.0. The summed E-state index contributed by atoms with van der Waals surface area (Å²) in [5.41, 5.74) is 0.112.